The third kappa shape index (κ3) is 3.90. The first-order chi connectivity index (χ1) is 8.83. The first-order valence-corrected chi connectivity index (χ1v) is 6.24. The summed E-state index contributed by atoms with van der Waals surface area (Å²) in [5.41, 5.74) is 3.68. The predicted octanol–water partition coefficient (Wildman–Crippen LogP) is 0.845. The van der Waals surface area contributed by atoms with Crippen LogP contribution in [0.2, 0.25) is 0 Å². The summed E-state index contributed by atoms with van der Waals surface area (Å²) in [4.78, 5) is 8.86. The van der Waals surface area contributed by atoms with Crippen LogP contribution in [0.25, 0.3) is 0 Å². The van der Waals surface area contributed by atoms with Crippen LogP contribution < -0.4 is 11.3 Å². The minimum absolute atomic E-state index is 0.591. The number of hydrazine groups is 1. The van der Waals surface area contributed by atoms with E-state index in [1.165, 1.54) is 12.8 Å². The molecular weight excluding hydrogens is 232 g/mol. The number of hydrogen-bond acceptors (Lipinski definition) is 6. The van der Waals surface area contributed by atoms with Crippen LogP contribution in [0.15, 0.2) is 6.07 Å². The van der Waals surface area contributed by atoms with Gasteiger partial charge in [-0.25, -0.2) is 15.8 Å². The third-order valence-corrected chi connectivity index (χ3v) is 2.84. The largest absolute Gasteiger partial charge is 0.382 e. The smallest absolute Gasteiger partial charge is 0.143 e. The van der Waals surface area contributed by atoms with Gasteiger partial charge in [0.25, 0.3) is 0 Å². The molecule has 1 heterocycles. The molecule has 0 aromatic carbocycles. The van der Waals surface area contributed by atoms with Crippen molar-refractivity contribution in [2.45, 2.75) is 25.2 Å². The van der Waals surface area contributed by atoms with E-state index < -0.39 is 0 Å². The van der Waals surface area contributed by atoms with Gasteiger partial charge in [0, 0.05) is 31.2 Å². The van der Waals surface area contributed by atoms with Crippen molar-refractivity contribution in [3.05, 3.63) is 17.6 Å². The van der Waals surface area contributed by atoms with Gasteiger partial charge in [-0.2, -0.15) is 0 Å². The van der Waals surface area contributed by atoms with Crippen LogP contribution in [0, 0.1) is 0 Å². The van der Waals surface area contributed by atoms with Crippen molar-refractivity contribution in [1.29, 1.82) is 0 Å². The van der Waals surface area contributed by atoms with Gasteiger partial charge in [-0.1, -0.05) is 0 Å². The summed E-state index contributed by atoms with van der Waals surface area (Å²) in [6.45, 7) is 1.81. The predicted molar refractivity (Wildman–Crippen MR) is 68.2 cm³/mol. The quantitative estimate of drug-likeness (QED) is 0.405. The van der Waals surface area contributed by atoms with Gasteiger partial charge in [0.05, 0.1) is 19.8 Å². The summed E-state index contributed by atoms with van der Waals surface area (Å²) in [6.07, 6.45) is 3.12. The topological polar surface area (TPSA) is 82.3 Å². The molecule has 2 rings (SSSR count). The summed E-state index contributed by atoms with van der Waals surface area (Å²) in [6, 6.07) is 1.92. The molecule has 0 radical (unpaired) electrons. The maximum absolute atomic E-state index is 5.41. The van der Waals surface area contributed by atoms with Crippen molar-refractivity contribution in [2.24, 2.45) is 5.84 Å². The number of nitrogens with two attached hydrogens (primary N) is 1. The highest BCUT2D eigenvalue weighted by atomic mass is 16.5. The van der Waals surface area contributed by atoms with E-state index in [1.807, 2.05) is 6.07 Å². The Morgan fingerprint density at radius 2 is 2.17 bits per heavy atom. The minimum Gasteiger partial charge on any atom is -0.382 e. The average Bonchev–Trinajstić information content (AvgIpc) is 3.22. The van der Waals surface area contributed by atoms with E-state index in [-0.39, 0.29) is 0 Å². The molecule has 0 bridgehead atoms. The Kier molecular flexibility index (Phi) is 4.86. The number of nitrogens with zero attached hydrogens (tertiary/aromatic N) is 2. The Balaban J connectivity index is 1.88. The molecule has 1 aliphatic carbocycles. The van der Waals surface area contributed by atoms with Crippen molar-refractivity contribution in [3.8, 4) is 0 Å². The molecule has 0 atom stereocenters. The van der Waals surface area contributed by atoms with Gasteiger partial charge in [0.2, 0.25) is 0 Å². The SMILES string of the molecule is COCCOCCc1nc(NN)cc(C2CC2)n1. The number of nitrogen functional groups attached to an aromatic ring is 1. The number of methoxy groups -OCH3 is 1. The molecule has 0 amide bonds. The highest BCUT2D eigenvalue weighted by Crippen LogP contribution is 2.39. The molecule has 1 saturated carbocycles. The fourth-order valence-electron chi connectivity index (χ4n) is 1.70. The van der Waals surface area contributed by atoms with Gasteiger partial charge >= 0.3 is 0 Å². The van der Waals surface area contributed by atoms with Crippen molar-refractivity contribution >= 4 is 5.82 Å². The first kappa shape index (κ1) is 13.2. The summed E-state index contributed by atoms with van der Waals surface area (Å²) in [7, 11) is 1.66. The van der Waals surface area contributed by atoms with E-state index in [4.69, 9.17) is 15.3 Å². The molecule has 1 fully saturated rings. The zero-order valence-corrected chi connectivity index (χ0v) is 10.7. The van der Waals surface area contributed by atoms with Crippen LogP contribution in [0.5, 0.6) is 0 Å². The van der Waals surface area contributed by atoms with Crippen molar-refractivity contribution in [1.82, 2.24) is 9.97 Å². The highest BCUT2D eigenvalue weighted by Gasteiger charge is 2.26. The van der Waals surface area contributed by atoms with E-state index in [9.17, 15) is 0 Å². The van der Waals surface area contributed by atoms with E-state index >= 15 is 0 Å². The number of rotatable bonds is 8. The van der Waals surface area contributed by atoms with Gasteiger partial charge < -0.3 is 14.9 Å². The summed E-state index contributed by atoms with van der Waals surface area (Å²) in [5.74, 6) is 7.47. The van der Waals surface area contributed by atoms with Crippen LogP contribution >= 0.6 is 0 Å². The van der Waals surface area contributed by atoms with E-state index in [2.05, 4.69) is 15.4 Å². The Labute approximate surface area is 107 Å². The second-order valence-corrected chi connectivity index (χ2v) is 4.37. The summed E-state index contributed by atoms with van der Waals surface area (Å²) in [5, 5.41) is 0. The molecular formula is C12H20N4O2. The lowest BCUT2D eigenvalue weighted by molar-refractivity contribution is 0.0716. The number of nitrogens with one attached hydrogen (secondary N) is 1. The Morgan fingerprint density at radius 3 is 2.83 bits per heavy atom. The molecule has 0 spiro atoms. The number of ether oxygens (including phenoxy) is 2. The van der Waals surface area contributed by atoms with E-state index in [0.717, 1.165) is 11.5 Å². The molecule has 1 aromatic rings. The number of anilines is 1. The lowest BCUT2D eigenvalue weighted by atomic mass is 10.2. The Bertz CT molecular complexity index is 382. The zero-order valence-electron chi connectivity index (χ0n) is 10.7. The van der Waals surface area contributed by atoms with Gasteiger partial charge in [0.15, 0.2) is 0 Å². The van der Waals surface area contributed by atoms with E-state index in [1.54, 1.807) is 7.11 Å². The average molecular weight is 252 g/mol. The van der Waals surface area contributed by atoms with E-state index in [0.29, 0.717) is 38.0 Å². The second kappa shape index (κ2) is 6.63. The van der Waals surface area contributed by atoms with Crippen molar-refractivity contribution in [3.63, 3.8) is 0 Å². The molecule has 0 aliphatic heterocycles. The Morgan fingerprint density at radius 1 is 1.33 bits per heavy atom. The van der Waals surface area contributed by atoms with Crippen molar-refractivity contribution in [2.75, 3.05) is 32.4 Å². The van der Waals surface area contributed by atoms with Gasteiger partial charge in [-0.15, -0.1) is 0 Å². The molecule has 3 N–H and O–H groups in total. The lowest BCUT2D eigenvalue weighted by Gasteiger charge is -2.07. The minimum atomic E-state index is 0.591. The molecule has 18 heavy (non-hydrogen) atoms. The summed E-state index contributed by atoms with van der Waals surface area (Å²) >= 11 is 0. The molecule has 0 saturated heterocycles. The third-order valence-electron chi connectivity index (χ3n) is 2.84. The normalized spacial score (nSPS) is 14.8. The molecule has 6 nitrogen and oxygen atoms in total. The summed E-state index contributed by atoms with van der Waals surface area (Å²) < 4.78 is 10.3. The van der Waals surface area contributed by atoms with Gasteiger partial charge in [-0.05, 0) is 12.8 Å². The van der Waals surface area contributed by atoms with Crippen molar-refractivity contribution < 1.29 is 9.47 Å². The van der Waals surface area contributed by atoms with Gasteiger partial charge in [-0.3, -0.25) is 0 Å². The molecule has 1 aliphatic rings. The second-order valence-electron chi connectivity index (χ2n) is 4.37. The molecule has 100 valence electrons. The van der Waals surface area contributed by atoms with Gasteiger partial charge in [0.1, 0.15) is 11.6 Å². The highest BCUT2D eigenvalue weighted by molar-refractivity contribution is 5.36. The number of hydrogen-bond donors (Lipinski definition) is 2. The standard InChI is InChI=1S/C12H20N4O2/c1-17-6-7-18-5-4-11-14-10(9-2-3-9)8-12(15-11)16-13/h8-9H,2-7,13H2,1H3,(H,14,15,16). The van der Waals surface area contributed by atoms with Crippen LogP contribution in [-0.2, 0) is 15.9 Å². The van der Waals surface area contributed by atoms with Crippen LogP contribution in [-0.4, -0.2) is 36.9 Å². The maximum atomic E-state index is 5.41. The monoisotopic (exact) mass is 252 g/mol. The fourth-order valence-corrected chi connectivity index (χ4v) is 1.70. The fraction of sp³-hybridized carbons (Fsp3) is 0.667. The molecule has 0 unspecified atom stereocenters. The van der Waals surface area contributed by atoms with Crippen LogP contribution in [0.1, 0.15) is 30.3 Å². The van der Waals surface area contributed by atoms with Crippen LogP contribution in [0.4, 0.5) is 5.82 Å². The molecule has 1 aromatic heterocycles. The zero-order chi connectivity index (χ0) is 12.8. The lowest BCUT2D eigenvalue weighted by Crippen LogP contribution is -2.13. The maximum Gasteiger partial charge on any atom is 0.143 e. The first-order valence-electron chi connectivity index (χ1n) is 6.24. The van der Waals surface area contributed by atoms with Crippen LogP contribution in [0.3, 0.4) is 0 Å². The molecule has 6 heteroatoms. The Hall–Kier alpha value is -1.24. The number of aromatic nitrogens is 2.